The third-order valence-electron chi connectivity index (χ3n) is 2.83. The highest BCUT2D eigenvalue weighted by Gasteiger charge is 2.14. The average Bonchev–Trinajstić information content (AvgIpc) is 2.37. The minimum atomic E-state index is -3.68. The number of nitrogens with two attached hydrogens (primary N) is 1. The molecule has 1 aromatic carbocycles. The number of rotatable bonds is 8. The second-order valence-electron chi connectivity index (χ2n) is 4.80. The molecule has 114 valence electrons. The minimum Gasteiger partial charge on any atom is -0.493 e. The van der Waals surface area contributed by atoms with Crippen LogP contribution in [0.1, 0.15) is 38.7 Å². The van der Waals surface area contributed by atoms with Crippen LogP contribution in [0.5, 0.6) is 5.75 Å². The lowest BCUT2D eigenvalue weighted by atomic mass is 10.0. The van der Waals surface area contributed by atoms with E-state index in [4.69, 9.17) is 14.6 Å². The predicted molar refractivity (Wildman–Crippen MR) is 78.5 cm³/mol. The van der Waals surface area contributed by atoms with Gasteiger partial charge in [0.1, 0.15) is 5.75 Å². The fourth-order valence-electron chi connectivity index (χ4n) is 1.77. The molecule has 0 amide bonds. The maximum absolute atomic E-state index is 11.4. The summed E-state index contributed by atoms with van der Waals surface area (Å²) in [5, 5.41) is 5.15. The van der Waals surface area contributed by atoms with E-state index in [1.807, 2.05) is 20.8 Å². The van der Waals surface area contributed by atoms with Crippen molar-refractivity contribution in [1.29, 1.82) is 0 Å². The molecule has 0 aliphatic rings. The average molecular weight is 301 g/mol. The first kappa shape index (κ1) is 16.9. The first-order chi connectivity index (χ1) is 9.36. The number of hydrogen-bond donors (Lipinski definition) is 1. The van der Waals surface area contributed by atoms with Crippen molar-refractivity contribution in [2.45, 2.75) is 38.0 Å². The van der Waals surface area contributed by atoms with E-state index in [-0.39, 0.29) is 10.8 Å². The number of hydrogen-bond acceptors (Lipinski definition) is 4. The predicted octanol–water partition coefficient (Wildman–Crippen LogP) is 2.26. The van der Waals surface area contributed by atoms with Gasteiger partial charge in [0.25, 0.3) is 0 Å². The fourth-order valence-corrected chi connectivity index (χ4v) is 2.32. The molecule has 0 saturated heterocycles. The van der Waals surface area contributed by atoms with Crippen molar-refractivity contribution >= 4 is 10.0 Å². The van der Waals surface area contributed by atoms with Crippen LogP contribution in [0, 0.1) is 0 Å². The monoisotopic (exact) mass is 301 g/mol. The van der Waals surface area contributed by atoms with Gasteiger partial charge in [-0.15, -0.1) is 0 Å². The summed E-state index contributed by atoms with van der Waals surface area (Å²) in [6.45, 7) is 7.80. The molecule has 0 bridgehead atoms. The standard InChI is InChI=1S/C14H23NO4S/c1-4-18-8-5-9-19-14-7-6-12(20(15,16)17)10-13(14)11(2)3/h6-7,10-11H,4-5,8-9H2,1-3H3,(H2,15,16,17). The van der Waals surface area contributed by atoms with Gasteiger partial charge in [0.15, 0.2) is 0 Å². The molecule has 0 heterocycles. The number of sulfonamides is 1. The maximum Gasteiger partial charge on any atom is 0.238 e. The highest BCUT2D eigenvalue weighted by atomic mass is 32.2. The van der Waals surface area contributed by atoms with Crippen LogP contribution in [0.3, 0.4) is 0 Å². The third-order valence-corrected chi connectivity index (χ3v) is 3.74. The van der Waals surface area contributed by atoms with E-state index >= 15 is 0 Å². The molecule has 1 aromatic rings. The topological polar surface area (TPSA) is 78.6 Å². The summed E-state index contributed by atoms with van der Waals surface area (Å²) in [6.07, 6.45) is 0.794. The van der Waals surface area contributed by atoms with Gasteiger partial charge in [0, 0.05) is 19.6 Å². The van der Waals surface area contributed by atoms with Crippen LogP contribution < -0.4 is 9.88 Å². The Labute approximate surface area is 121 Å². The van der Waals surface area contributed by atoms with Gasteiger partial charge in [-0.1, -0.05) is 13.8 Å². The molecule has 0 atom stereocenters. The lowest BCUT2D eigenvalue weighted by Crippen LogP contribution is -2.13. The van der Waals surface area contributed by atoms with Crippen molar-refractivity contribution < 1.29 is 17.9 Å². The summed E-state index contributed by atoms with van der Waals surface area (Å²) >= 11 is 0. The van der Waals surface area contributed by atoms with Gasteiger partial charge < -0.3 is 9.47 Å². The van der Waals surface area contributed by atoms with E-state index < -0.39 is 10.0 Å². The SMILES string of the molecule is CCOCCCOc1ccc(S(N)(=O)=O)cc1C(C)C. The maximum atomic E-state index is 11.4. The van der Waals surface area contributed by atoms with Crippen LogP contribution in [0.4, 0.5) is 0 Å². The van der Waals surface area contributed by atoms with Crippen molar-refractivity contribution in [3.8, 4) is 5.75 Å². The quantitative estimate of drug-likeness (QED) is 0.747. The number of primary sulfonamides is 1. The zero-order valence-electron chi connectivity index (χ0n) is 12.3. The Bertz CT molecular complexity index is 526. The van der Waals surface area contributed by atoms with Gasteiger partial charge in [0.2, 0.25) is 10.0 Å². The van der Waals surface area contributed by atoms with Crippen LogP contribution >= 0.6 is 0 Å². The summed E-state index contributed by atoms with van der Waals surface area (Å²) in [6, 6.07) is 4.72. The summed E-state index contributed by atoms with van der Waals surface area (Å²) in [5.41, 5.74) is 0.841. The molecule has 0 spiro atoms. The van der Waals surface area contributed by atoms with E-state index in [9.17, 15) is 8.42 Å². The Kier molecular flexibility index (Phi) is 6.45. The van der Waals surface area contributed by atoms with Gasteiger partial charge in [-0.3, -0.25) is 0 Å². The molecule has 0 aliphatic heterocycles. The van der Waals surface area contributed by atoms with Crippen molar-refractivity contribution in [2.75, 3.05) is 19.8 Å². The summed E-state index contributed by atoms with van der Waals surface area (Å²) in [7, 11) is -3.68. The molecule has 2 N–H and O–H groups in total. The molecule has 0 radical (unpaired) electrons. The molecule has 20 heavy (non-hydrogen) atoms. The summed E-state index contributed by atoms with van der Waals surface area (Å²) in [5.74, 6) is 0.850. The zero-order chi connectivity index (χ0) is 15.2. The molecule has 0 saturated carbocycles. The Morgan fingerprint density at radius 2 is 1.95 bits per heavy atom. The first-order valence-electron chi connectivity index (χ1n) is 6.73. The highest BCUT2D eigenvalue weighted by molar-refractivity contribution is 7.89. The van der Waals surface area contributed by atoms with Gasteiger partial charge >= 0.3 is 0 Å². The number of benzene rings is 1. The Hall–Kier alpha value is -1.11. The van der Waals surface area contributed by atoms with Gasteiger partial charge in [-0.05, 0) is 36.6 Å². The van der Waals surface area contributed by atoms with E-state index in [0.29, 0.717) is 25.6 Å². The molecular weight excluding hydrogens is 278 g/mol. The molecule has 6 heteroatoms. The normalized spacial score (nSPS) is 11.8. The van der Waals surface area contributed by atoms with Crippen molar-refractivity contribution in [3.05, 3.63) is 23.8 Å². The van der Waals surface area contributed by atoms with Crippen LogP contribution in [0.25, 0.3) is 0 Å². The number of ether oxygens (including phenoxy) is 2. The van der Waals surface area contributed by atoms with E-state index in [2.05, 4.69) is 0 Å². The summed E-state index contributed by atoms with van der Waals surface area (Å²) in [4.78, 5) is 0.114. The van der Waals surface area contributed by atoms with Crippen LogP contribution in [0.15, 0.2) is 23.1 Å². The van der Waals surface area contributed by atoms with Gasteiger partial charge in [-0.25, -0.2) is 13.6 Å². The Morgan fingerprint density at radius 1 is 1.25 bits per heavy atom. The van der Waals surface area contributed by atoms with Crippen LogP contribution in [-0.2, 0) is 14.8 Å². The lowest BCUT2D eigenvalue weighted by Gasteiger charge is -2.15. The molecule has 0 aliphatic carbocycles. The highest BCUT2D eigenvalue weighted by Crippen LogP contribution is 2.28. The largest absolute Gasteiger partial charge is 0.493 e. The van der Waals surface area contributed by atoms with Crippen LogP contribution in [0.2, 0.25) is 0 Å². The molecule has 0 fully saturated rings. The Morgan fingerprint density at radius 3 is 2.50 bits per heavy atom. The van der Waals surface area contributed by atoms with Crippen molar-refractivity contribution in [1.82, 2.24) is 0 Å². The van der Waals surface area contributed by atoms with E-state index in [0.717, 1.165) is 12.0 Å². The van der Waals surface area contributed by atoms with E-state index in [1.165, 1.54) is 6.07 Å². The smallest absolute Gasteiger partial charge is 0.238 e. The third kappa shape index (κ3) is 5.11. The van der Waals surface area contributed by atoms with Crippen LogP contribution in [-0.4, -0.2) is 28.2 Å². The molecule has 0 aromatic heterocycles. The van der Waals surface area contributed by atoms with Crippen molar-refractivity contribution in [3.63, 3.8) is 0 Å². The first-order valence-corrected chi connectivity index (χ1v) is 8.28. The zero-order valence-corrected chi connectivity index (χ0v) is 13.1. The molecular formula is C14H23NO4S. The molecule has 1 rings (SSSR count). The second kappa shape index (κ2) is 7.61. The summed E-state index contributed by atoms with van der Waals surface area (Å²) < 4.78 is 33.7. The molecule has 5 nitrogen and oxygen atoms in total. The lowest BCUT2D eigenvalue weighted by molar-refractivity contribution is 0.130. The Balaban J connectivity index is 2.81. The van der Waals surface area contributed by atoms with Crippen molar-refractivity contribution in [2.24, 2.45) is 5.14 Å². The minimum absolute atomic E-state index is 0.114. The second-order valence-corrected chi connectivity index (χ2v) is 6.36. The van der Waals surface area contributed by atoms with Gasteiger partial charge in [0.05, 0.1) is 11.5 Å². The fraction of sp³-hybridized carbons (Fsp3) is 0.571. The van der Waals surface area contributed by atoms with E-state index in [1.54, 1.807) is 12.1 Å². The molecule has 0 unspecified atom stereocenters. The van der Waals surface area contributed by atoms with Gasteiger partial charge in [-0.2, -0.15) is 0 Å².